The number of carbonyl (C=O) groups excluding carboxylic acids is 1. The fraction of sp³-hybridized carbons (Fsp3) is 0.667. The predicted octanol–water partition coefficient (Wildman–Crippen LogP) is 3.27. The van der Waals surface area contributed by atoms with Crippen LogP contribution >= 0.6 is 0 Å². The fourth-order valence-electron chi connectivity index (χ4n) is 3.49. The smallest absolute Gasteiger partial charge is 0.433 e. The van der Waals surface area contributed by atoms with Gasteiger partial charge in [-0.05, 0) is 39.5 Å². The second kappa shape index (κ2) is 7.68. The van der Waals surface area contributed by atoms with Gasteiger partial charge in [-0.1, -0.05) is 6.92 Å². The molecule has 1 aliphatic rings. The number of piperidine rings is 1. The number of nitrogens with zero attached hydrogens (tertiary/aromatic N) is 5. The average Bonchev–Trinajstić information content (AvgIpc) is 3.06. The highest BCUT2D eigenvalue weighted by Gasteiger charge is 2.37. The van der Waals surface area contributed by atoms with E-state index in [0.717, 1.165) is 18.9 Å². The Morgan fingerprint density at radius 1 is 1.34 bits per heavy atom. The third-order valence-electron chi connectivity index (χ3n) is 4.79. The zero-order chi connectivity index (χ0) is 21.4. The van der Waals surface area contributed by atoms with Gasteiger partial charge in [0, 0.05) is 19.2 Å². The van der Waals surface area contributed by atoms with Gasteiger partial charge in [0.15, 0.2) is 5.69 Å². The Morgan fingerprint density at radius 3 is 2.72 bits per heavy atom. The van der Waals surface area contributed by atoms with Crippen LogP contribution in [0.15, 0.2) is 12.4 Å². The number of alkyl carbamates (subject to hydrolysis) is 1. The summed E-state index contributed by atoms with van der Waals surface area (Å²) in [5.74, 6) is 0.272. The molecule has 160 valence electrons. The lowest BCUT2D eigenvalue weighted by Crippen LogP contribution is -2.52. The first kappa shape index (κ1) is 21.1. The normalized spacial score (nSPS) is 20.7. The largest absolute Gasteiger partial charge is 0.444 e. The zero-order valence-electron chi connectivity index (χ0n) is 16.8. The second-order valence-corrected chi connectivity index (χ2v) is 8.23. The lowest BCUT2D eigenvalue weighted by molar-refractivity contribution is -0.141. The SMILES string of the molecule is CC1CCCN(c2cc(C(F)(F)F)nc3ncnn23)C1CNC(=O)OC(C)(C)C. The standard InChI is InChI=1S/C18H25F3N6O2/c1-11-6-5-7-26(12(11)9-22-16(28)29-17(2,3)4)14-8-13(18(19,20)21)25-15-23-10-24-27(14)15/h8,10-12H,5-7,9H2,1-4H3,(H,22,28). The van der Waals surface area contributed by atoms with E-state index in [1.54, 1.807) is 20.8 Å². The highest BCUT2D eigenvalue weighted by Crippen LogP contribution is 2.33. The molecule has 2 aromatic heterocycles. The van der Waals surface area contributed by atoms with Crippen LogP contribution in [0.3, 0.4) is 0 Å². The van der Waals surface area contributed by atoms with E-state index in [4.69, 9.17) is 4.74 Å². The van der Waals surface area contributed by atoms with Crippen LogP contribution in [0.1, 0.15) is 46.2 Å². The summed E-state index contributed by atoms with van der Waals surface area (Å²) in [6.07, 6.45) is -2.29. The van der Waals surface area contributed by atoms with Crippen LogP contribution in [-0.2, 0) is 10.9 Å². The number of ether oxygens (including phenoxy) is 1. The Hall–Kier alpha value is -2.59. The van der Waals surface area contributed by atoms with Crippen molar-refractivity contribution < 1.29 is 22.7 Å². The molecular formula is C18H25F3N6O2. The molecule has 1 saturated heterocycles. The van der Waals surface area contributed by atoms with E-state index in [9.17, 15) is 18.0 Å². The summed E-state index contributed by atoms with van der Waals surface area (Å²) in [5.41, 5.74) is -1.66. The van der Waals surface area contributed by atoms with E-state index in [1.807, 2.05) is 11.8 Å². The molecule has 0 bridgehead atoms. The van der Waals surface area contributed by atoms with Gasteiger partial charge in [0.05, 0.1) is 6.04 Å². The highest BCUT2D eigenvalue weighted by molar-refractivity contribution is 5.67. The first-order valence-electron chi connectivity index (χ1n) is 9.47. The van der Waals surface area contributed by atoms with Gasteiger partial charge in [0.2, 0.25) is 0 Å². The van der Waals surface area contributed by atoms with Crippen molar-refractivity contribution in [2.24, 2.45) is 5.92 Å². The summed E-state index contributed by atoms with van der Waals surface area (Å²) in [5, 5.41) is 6.78. The molecule has 0 aliphatic carbocycles. The number of fused-ring (bicyclic) bond motifs is 1. The number of hydrogen-bond donors (Lipinski definition) is 1. The maximum Gasteiger partial charge on any atom is 0.433 e. The van der Waals surface area contributed by atoms with Gasteiger partial charge in [0.1, 0.15) is 17.7 Å². The molecule has 0 radical (unpaired) electrons. The van der Waals surface area contributed by atoms with Crippen molar-refractivity contribution in [3.05, 3.63) is 18.1 Å². The first-order chi connectivity index (χ1) is 13.5. The van der Waals surface area contributed by atoms with Gasteiger partial charge in [-0.25, -0.2) is 9.78 Å². The van der Waals surface area contributed by atoms with Crippen LogP contribution < -0.4 is 10.2 Å². The van der Waals surface area contributed by atoms with Crippen molar-refractivity contribution in [1.29, 1.82) is 0 Å². The highest BCUT2D eigenvalue weighted by atomic mass is 19.4. The predicted molar refractivity (Wildman–Crippen MR) is 99.6 cm³/mol. The molecule has 8 nitrogen and oxygen atoms in total. The van der Waals surface area contributed by atoms with Crippen molar-refractivity contribution >= 4 is 17.7 Å². The van der Waals surface area contributed by atoms with Gasteiger partial charge in [-0.3, -0.25) is 0 Å². The summed E-state index contributed by atoms with van der Waals surface area (Å²) in [4.78, 5) is 21.3. The number of carbonyl (C=O) groups is 1. The Morgan fingerprint density at radius 2 is 2.07 bits per heavy atom. The minimum Gasteiger partial charge on any atom is -0.444 e. The number of nitrogens with one attached hydrogen (secondary N) is 1. The number of anilines is 1. The van der Waals surface area contributed by atoms with Gasteiger partial charge >= 0.3 is 12.3 Å². The van der Waals surface area contributed by atoms with Crippen molar-refractivity contribution in [3.8, 4) is 0 Å². The lowest BCUT2D eigenvalue weighted by Gasteiger charge is -2.41. The van der Waals surface area contributed by atoms with Gasteiger partial charge in [-0.15, -0.1) is 0 Å². The number of hydrogen-bond acceptors (Lipinski definition) is 6. The first-order valence-corrected chi connectivity index (χ1v) is 9.47. The van der Waals surface area contributed by atoms with E-state index in [1.165, 1.54) is 10.8 Å². The van der Waals surface area contributed by atoms with Gasteiger partial charge < -0.3 is 15.0 Å². The third kappa shape index (κ3) is 4.88. The number of amides is 1. The minimum atomic E-state index is -4.60. The quantitative estimate of drug-likeness (QED) is 0.830. The molecular weight excluding hydrogens is 389 g/mol. The molecule has 3 rings (SSSR count). The third-order valence-corrected chi connectivity index (χ3v) is 4.79. The lowest BCUT2D eigenvalue weighted by atomic mass is 9.90. The van der Waals surface area contributed by atoms with Crippen LogP contribution in [0.4, 0.5) is 23.8 Å². The molecule has 0 saturated carbocycles. The average molecular weight is 414 g/mol. The molecule has 2 aromatic rings. The number of rotatable bonds is 3. The van der Waals surface area contributed by atoms with Crippen LogP contribution in [0.25, 0.3) is 5.78 Å². The number of alkyl halides is 3. The van der Waals surface area contributed by atoms with Crippen LogP contribution in [-0.4, -0.2) is 50.4 Å². The van der Waals surface area contributed by atoms with E-state index < -0.39 is 23.6 Å². The molecule has 3 heterocycles. The van der Waals surface area contributed by atoms with E-state index in [2.05, 4.69) is 20.4 Å². The van der Waals surface area contributed by atoms with E-state index >= 15 is 0 Å². The van der Waals surface area contributed by atoms with E-state index in [-0.39, 0.29) is 30.1 Å². The van der Waals surface area contributed by atoms with Crippen LogP contribution in [0.2, 0.25) is 0 Å². The van der Waals surface area contributed by atoms with Gasteiger partial charge in [0.25, 0.3) is 5.78 Å². The molecule has 29 heavy (non-hydrogen) atoms. The maximum absolute atomic E-state index is 13.3. The second-order valence-electron chi connectivity index (χ2n) is 8.23. The van der Waals surface area contributed by atoms with Crippen LogP contribution in [0.5, 0.6) is 0 Å². The molecule has 1 aliphatic heterocycles. The Kier molecular flexibility index (Phi) is 5.59. The summed E-state index contributed by atoms with van der Waals surface area (Å²) >= 11 is 0. The molecule has 2 unspecified atom stereocenters. The molecule has 0 spiro atoms. The molecule has 0 aromatic carbocycles. The fourth-order valence-corrected chi connectivity index (χ4v) is 3.49. The monoisotopic (exact) mass is 414 g/mol. The Labute approximate surface area is 166 Å². The molecule has 1 N–H and O–H groups in total. The Balaban J connectivity index is 1.91. The molecule has 1 amide bonds. The summed E-state index contributed by atoms with van der Waals surface area (Å²) in [7, 11) is 0. The summed E-state index contributed by atoms with van der Waals surface area (Å²) in [6, 6.07) is 0.757. The van der Waals surface area contributed by atoms with Crippen molar-refractivity contribution in [3.63, 3.8) is 0 Å². The molecule has 2 atom stereocenters. The van der Waals surface area contributed by atoms with Crippen molar-refractivity contribution in [2.75, 3.05) is 18.0 Å². The maximum atomic E-state index is 13.3. The van der Waals surface area contributed by atoms with Crippen molar-refractivity contribution in [2.45, 2.75) is 58.4 Å². The minimum absolute atomic E-state index is 0.119. The van der Waals surface area contributed by atoms with Crippen molar-refractivity contribution in [1.82, 2.24) is 24.9 Å². The number of aromatic nitrogens is 4. The molecule has 1 fully saturated rings. The number of halogens is 3. The summed E-state index contributed by atoms with van der Waals surface area (Å²) < 4.78 is 46.6. The zero-order valence-corrected chi connectivity index (χ0v) is 16.8. The van der Waals surface area contributed by atoms with Gasteiger partial charge in [-0.2, -0.15) is 27.8 Å². The summed E-state index contributed by atoms with van der Waals surface area (Å²) in [6.45, 7) is 8.06. The molecule has 11 heteroatoms. The Bertz CT molecular complexity index is 877. The topological polar surface area (TPSA) is 84.7 Å². The van der Waals surface area contributed by atoms with E-state index in [0.29, 0.717) is 6.54 Å². The van der Waals surface area contributed by atoms with Crippen LogP contribution in [0, 0.1) is 5.92 Å².